The van der Waals surface area contributed by atoms with Crippen LogP contribution in [0.25, 0.3) is 6.08 Å². The summed E-state index contributed by atoms with van der Waals surface area (Å²) in [4.78, 5) is 14.6. The number of carbonyl (C=O) groups is 1. The molecule has 29 heavy (non-hydrogen) atoms. The lowest BCUT2D eigenvalue weighted by atomic mass is 10.1. The van der Waals surface area contributed by atoms with E-state index in [1.807, 2.05) is 25.1 Å². The van der Waals surface area contributed by atoms with E-state index in [0.29, 0.717) is 42.3 Å². The van der Waals surface area contributed by atoms with Gasteiger partial charge in [-0.1, -0.05) is 64.8 Å². The quantitative estimate of drug-likeness (QED) is 0.345. The van der Waals surface area contributed by atoms with Gasteiger partial charge in [-0.05, 0) is 42.8 Å². The van der Waals surface area contributed by atoms with Gasteiger partial charge in [0.25, 0.3) is 5.91 Å². The summed E-state index contributed by atoms with van der Waals surface area (Å²) in [6, 6.07) is 8.69. The third-order valence-corrected chi connectivity index (χ3v) is 6.28. The molecule has 152 valence electrons. The second kappa shape index (κ2) is 9.58. The monoisotopic (exact) mass is 487 g/mol. The minimum atomic E-state index is -0.0872. The van der Waals surface area contributed by atoms with Gasteiger partial charge >= 0.3 is 0 Å². The van der Waals surface area contributed by atoms with E-state index in [1.165, 1.54) is 11.8 Å². The van der Waals surface area contributed by atoms with Gasteiger partial charge in [0.15, 0.2) is 5.75 Å². The maximum Gasteiger partial charge on any atom is 0.266 e. The molecule has 1 fully saturated rings. The fraction of sp³-hybridized carbons (Fsp3) is 0.200. The van der Waals surface area contributed by atoms with Crippen LogP contribution in [-0.4, -0.2) is 28.8 Å². The first kappa shape index (κ1) is 22.2. The second-order valence-electron chi connectivity index (χ2n) is 5.98. The molecule has 1 amide bonds. The zero-order valence-corrected chi connectivity index (χ0v) is 19.4. The number of benzene rings is 2. The molecule has 0 atom stereocenters. The molecule has 4 nitrogen and oxygen atoms in total. The molecule has 0 saturated carbocycles. The van der Waals surface area contributed by atoms with Crippen molar-refractivity contribution in [2.45, 2.75) is 13.5 Å². The molecule has 9 heteroatoms. The van der Waals surface area contributed by atoms with Gasteiger partial charge in [0.05, 0.1) is 22.1 Å². The maximum atomic E-state index is 12.4. The molecule has 0 spiro atoms. The number of thioether (sulfide) groups is 1. The summed E-state index contributed by atoms with van der Waals surface area (Å²) in [6.07, 6.45) is 1.81. The predicted molar refractivity (Wildman–Crippen MR) is 124 cm³/mol. The van der Waals surface area contributed by atoms with Crippen LogP contribution in [-0.2, 0) is 11.4 Å². The van der Waals surface area contributed by atoms with Crippen molar-refractivity contribution in [1.29, 1.82) is 0 Å². The van der Waals surface area contributed by atoms with Crippen molar-refractivity contribution in [3.63, 3.8) is 0 Å². The molecule has 0 unspecified atom stereocenters. The topological polar surface area (TPSA) is 38.8 Å². The number of hydrogen-bond donors (Lipinski definition) is 0. The highest BCUT2D eigenvalue weighted by Gasteiger charge is 2.30. The number of amides is 1. The van der Waals surface area contributed by atoms with Gasteiger partial charge in [0, 0.05) is 17.1 Å². The number of halogens is 3. The molecule has 0 bridgehead atoms. The number of hydrogen-bond acceptors (Lipinski definition) is 5. The first-order valence-electron chi connectivity index (χ1n) is 8.53. The fourth-order valence-corrected chi connectivity index (χ4v) is 5.05. The van der Waals surface area contributed by atoms with Crippen LogP contribution in [0.15, 0.2) is 35.2 Å². The number of thiocarbonyl (C=S) groups is 1. The number of likely N-dealkylation sites (N-methyl/N-ethyl adjacent to an activating group) is 1. The summed E-state index contributed by atoms with van der Waals surface area (Å²) < 4.78 is 11.8. The Balaban J connectivity index is 1.86. The van der Waals surface area contributed by atoms with Crippen molar-refractivity contribution >= 4 is 75.1 Å². The average molecular weight is 489 g/mol. The smallest absolute Gasteiger partial charge is 0.266 e. The molecule has 2 aromatic rings. The maximum absolute atomic E-state index is 12.4. The third kappa shape index (κ3) is 5.01. The van der Waals surface area contributed by atoms with Crippen LogP contribution in [0.5, 0.6) is 11.5 Å². The number of rotatable bonds is 6. The lowest BCUT2D eigenvalue weighted by molar-refractivity contribution is -0.121. The van der Waals surface area contributed by atoms with Gasteiger partial charge in [0.2, 0.25) is 0 Å². The summed E-state index contributed by atoms with van der Waals surface area (Å²) in [7, 11) is 1.58. The Morgan fingerprint density at radius 2 is 1.86 bits per heavy atom. The number of carbonyl (C=O) groups excluding carboxylic acids is 1. The van der Waals surface area contributed by atoms with Crippen molar-refractivity contribution in [2.24, 2.45) is 0 Å². The van der Waals surface area contributed by atoms with E-state index in [4.69, 9.17) is 56.5 Å². The van der Waals surface area contributed by atoms with E-state index in [-0.39, 0.29) is 12.5 Å². The first-order chi connectivity index (χ1) is 13.8. The molecule has 0 N–H and O–H groups in total. The second-order valence-corrected chi connectivity index (χ2v) is 8.91. The predicted octanol–water partition coefficient (Wildman–Crippen LogP) is 6.46. The Hall–Kier alpha value is -1.44. The van der Waals surface area contributed by atoms with Crippen molar-refractivity contribution < 1.29 is 14.3 Å². The molecule has 1 aliphatic heterocycles. The van der Waals surface area contributed by atoms with Crippen LogP contribution in [0.3, 0.4) is 0 Å². The summed E-state index contributed by atoms with van der Waals surface area (Å²) >= 11 is 24.9. The minimum absolute atomic E-state index is 0.0872. The molecular formula is C20H16Cl3NO3S2. The summed E-state index contributed by atoms with van der Waals surface area (Å²) in [5, 5.41) is 1.07. The Kier molecular flexibility index (Phi) is 7.35. The Labute approximate surface area is 193 Å². The Bertz CT molecular complexity index is 987. The molecular weight excluding hydrogens is 473 g/mol. The fourth-order valence-electron chi connectivity index (χ4n) is 2.74. The standard InChI is InChI=1S/C20H16Cl3NO3S2/c1-3-24-19(25)17(29-20(24)28)7-11-4-5-16(26-2)12(6-11)10-27-18-14(22)8-13(21)9-15(18)23/h4-9H,3,10H2,1-2H3/b17-7+. The van der Waals surface area contributed by atoms with E-state index in [0.717, 1.165) is 11.1 Å². The van der Waals surface area contributed by atoms with Crippen LogP contribution in [0.4, 0.5) is 0 Å². The molecule has 0 aliphatic carbocycles. The highest BCUT2D eigenvalue weighted by atomic mass is 35.5. The van der Waals surface area contributed by atoms with Gasteiger partial charge in [-0.15, -0.1) is 0 Å². The molecule has 2 aromatic carbocycles. The molecule has 1 saturated heterocycles. The summed E-state index contributed by atoms with van der Waals surface area (Å²) in [5.41, 5.74) is 1.60. The van der Waals surface area contributed by atoms with Crippen molar-refractivity contribution in [3.05, 3.63) is 61.4 Å². The molecule has 0 radical (unpaired) electrons. The van der Waals surface area contributed by atoms with Crippen molar-refractivity contribution in [3.8, 4) is 11.5 Å². The van der Waals surface area contributed by atoms with Gasteiger partial charge in [-0.3, -0.25) is 9.69 Å². The normalized spacial score (nSPS) is 15.3. The van der Waals surface area contributed by atoms with E-state index in [2.05, 4.69) is 0 Å². The third-order valence-electron chi connectivity index (χ3n) is 4.13. The van der Waals surface area contributed by atoms with E-state index in [9.17, 15) is 4.79 Å². The van der Waals surface area contributed by atoms with Crippen LogP contribution >= 0.6 is 58.8 Å². The van der Waals surface area contributed by atoms with Crippen molar-refractivity contribution in [2.75, 3.05) is 13.7 Å². The van der Waals surface area contributed by atoms with E-state index < -0.39 is 0 Å². The Morgan fingerprint density at radius 1 is 1.17 bits per heavy atom. The van der Waals surface area contributed by atoms with Gasteiger partial charge in [-0.2, -0.15) is 0 Å². The minimum Gasteiger partial charge on any atom is -0.496 e. The summed E-state index contributed by atoms with van der Waals surface area (Å²) in [6.45, 7) is 2.61. The lowest BCUT2D eigenvalue weighted by Gasteiger charge is -2.13. The number of methoxy groups -OCH3 is 1. The van der Waals surface area contributed by atoms with E-state index >= 15 is 0 Å². The van der Waals surface area contributed by atoms with Crippen LogP contribution in [0, 0.1) is 0 Å². The van der Waals surface area contributed by atoms with Crippen LogP contribution in [0.1, 0.15) is 18.1 Å². The first-order valence-corrected chi connectivity index (χ1v) is 10.9. The van der Waals surface area contributed by atoms with Crippen LogP contribution < -0.4 is 9.47 Å². The van der Waals surface area contributed by atoms with Crippen molar-refractivity contribution in [1.82, 2.24) is 4.90 Å². The summed E-state index contributed by atoms with van der Waals surface area (Å²) in [5.74, 6) is 0.898. The zero-order chi connectivity index (χ0) is 21.1. The highest BCUT2D eigenvalue weighted by Crippen LogP contribution is 2.37. The molecule has 0 aromatic heterocycles. The van der Waals surface area contributed by atoms with E-state index in [1.54, 1.807) is 30.2 Å². The number of nitrogens with zero attached hydrogens (tertiary/aromatic N) is 1. The molecule has 1 heterocycles. The largest absolute Gasteiger partial charge is 0.496 e. The Morgan fingerprint density at radius 3 is 2.45 bits per heavy atom. The van der Waals surface area contributed by atoms with Gasteiger partial charge in [0.1, 0.15) is 16.7 Å². The van der Waals surface area contributed by atoms with Gasteiger partial charge in [-0.25, -0.2) is 0 Å². The highest BCUT2D eigenvalue weighted by molar-refractivity contribution is 8.26. The average Bonchev–Trinajstić information content (AvgIpc) is 2.93. The molecule has 1 aliphatic rings. The molecule has 3 rings (SSSR count). The van der Waals surface area contributed by atoms with Gasteiger partial charge < -0.3 is 9.47 Å². The zero-order valence-electron chi connectivity index (χ0n) is 15.5. The van der Waals surface area contributed by atoms with Crippen LogP contribution in [0.2, 0.25) is 15.1 Å². The number of ether oxygens (including phenoxy) is 2. The lowest BCUT2D eigenvalue weighted by Crippen LogP contribution is -2.27. The SMILES string of the molecule is CCN1C(=O)/C(=C\c2ccc(OC)c(COc3c(Cl)cc(Cl)cc3Cl)c2)SC1=S.